The van der Waals surface area contributed by atoms with Crippen molar-refractivity contribution in [2.45, 2.75) is 37.6 Å². The minimum atomic E-state index is -1.91. The van der Waals surface area contributed by atoms with Crippen LogP contribution in [0.25, 0.3) is 22.3 Å². The molecule has 14 heteroatoms. The number of aliphatic hydroxyl groups excluding tert-OH is 2. The fourth-order valence-corrected chi connectivity index (χ4v) is 4.64. The second kappa shape index (κ2) is 11.2. The Morgan fingerprint density at radius 2 is 1.49 bits per heavy atom. The zero-order valence-electron chi connectivity index (χ0n) is 22.5. The van der Waals surface area contributed by atoms with Gasteiger partial charge in [0.15, 0.2) is 29.5 Å². The van der Waals surface area contributed by atoms with Gasteiger partial charge in [0.25, 0.3) is 0 Å². The molecule has 1 saturated heterocycles. The smallest absolute Gasteiger partial charge is 0.338 e. The third-order valence-corrected chi connectivity index (χ3v) is 6.80. The summed E-state index contributed by atoms with van der Waals surface area (Å²) in [6.07, 6.45) is -8.06. The predicted molar refractivity (Wildman–Crippen MR) is 145 cm³/mol. The SMILES string of the molecule is COc1c(O)cc(C(=O)O[C@@H]2[C@@H](O)[C@H](C)O[C@@H](Oc3c(-c4ccc(O)cc4)oc4cc(O)cc(O)c4c3=O)[C@@H]2O)cc1O. The van der Waals surface area contributed by atoms with Crippen LogP contribution in [0.4, 0.5) is 0 Å². The van der Waals surface area contributed by atoms with Gasteiger partial charge in [-0.15, -0.1) is 0 Å². The third kappa shape index (κ3) is 5.41. The number of carbonyl (C=O) groups excluding carboxylic acids is 1. The number of aromatic hydroxyl groups is 5. The van der Waals surface area contributed by atoms with Gasteiger partial charge in [-0.1, -0.05) is 0 Å². The van der Waals surface area contributed by atoms with Crippen molar-refractivity contribution in [3.63, 3.8) is 0 Å². The first-order valence-corrected chi connectivity index (χ1v) is 12.7. The topological polar surface area (TPSA) is 226 Å². The molecule has 5 atom stereocenters. The van der Waals surface area contributed by atoms with Gasteiger partial charge in [-0.3, -0.25) is 4.79 Å². The highest BCUT2D eigenvalue weighted by Crippen LogP contribution is 2.39. The Bertz CT molecular complexity index is 1720. The number of carbonyl (C=O) groups is 1. The van der Waals surface area contributed by atoms with Crippen LogP contribution >= 0.6 is 0 Å². The maximum absolute atomic E-state index is 13.6. The molecule has 0 amide bonds. The summed E-state index contributed by atoms with van der Waals surface area (Å²) in [6, 6.07) is 9.30. The van der Waals surface area contributed by atoms with Crippen molar-refractivity contribution in [2.75, 3.05) is 7.11 Å². The lowest BCUT2D eigenvalue weighted by Crippen LogP contribution is -2.59. The number of methoxy groups -OCH3 is 1. The summed E-state index contributed by atoms with van der Waals surface area (Å²) in [6.45, 7) is 1.39. The average Bonchev–Trinajstić information content (AvgIpc) is 2.95. The molecule has 3 aromatic carbocycles. The summed E-state index contributed by atoms with van der Waals surface area (Å²) in [5, 5.41) is 71.5. The summed E-state index contributed by atoms with van der Waals surface area (Å²) < 4.78 is 27.4. The second-order valence-electron chi connectivity index (χ2n) is 9.70. The highest BCUT2D eigenvalue weighted by atomic mass is 16.7. The van der Waals surface area contributed by atoms with Crippen LogP contribution in [0.1, 0.15) is 17.3 Å². The van der Waals surface area contributed by atoms with Crippen LogP contribution < -0.4 is 14.9 Å². The molecule has 43 heavy (non-hydrogen) atoms. The molecule has 1 aliphatic heterocycles. The monoisotopic (exact) mass is 598 g/mol. The summed E-state index contributed by atoms with van der Waals surface area (Å²) >= 11 is 0. The van der Waals surface area contributed by atoms with Crippen LogP contribution in [0.5, 0.6) is 40.2 Å². The molecular formula is C29H26O14. The zero-order valence-corrected chi connectivity index (χ0v) is 22.5. The highest BCUT2D eigenvalue weighted by molar-refractivity contribution is 5.91. The predicted octanol–water partition coefficient (Wildman–Crippen LogP) is 2.07. The van der Waals surface area contributed by atoms with Crippen molar-refractivity contribution in [1.29, 1.82) is 0 Å². The van der Waals surface area contributed by atoms with Gasteiger partial charge >= 0.3 is 5.97 Å². The molecule has 0 radical (unpaired) electrons. The first-order valence-electron chi connectivity index (χ1n) is 12.7. The van der Waals surface area contributed by atoms with Crippen molar-refractivity contribution in [1.82, 2.24) is 0 Å². The standard InChI is InChI=1S/C29H26O14/c1-11-21(35)26(42-28(38)13-7-17(33)25(39-2)18(34)8-13)23(37)29(40-11)43-27-22(36)20-16(32)9-15(31)10-19(20)41-24(27)12-3-5-14(30)6-4-12/h3-11,21,23,26,29-35,37H,1-2H3/t11-,21-,23+,26+,29-/m0/s1. The summed E-state index contributed by atoms with van der Waals surface area (Å²) in [7, 11) is 1.19. The Kier molecular flexibility index (Phi) is 7.67. The molecule has 0 unspecified atom stereocenters. The van der Waals surface area contributed by atoms with Gasteiger partial charge in [-0.25, -0.2) is 4.79 Å². The Balaban J connectivity index is 1.52. The molecule has 7 N–H and O–H groups in total. The third-order valence-electron chi connectivity index (χ3n) is 6.80. The molecule has 1 aliphatic rings. The van der Waals surface area contributed by atoms with E-state index in [1.165, 1.54) is 38.3 Å². The first-order chi connectivity index (χ1) is 20.4. The lowest BCUT2D eigenvalue weighted by atomic mass is 9.99. The van der Waals surface area contributed by atoms with Crippen molar-refractivity contribution >= 4 is 16.9 Å². The maximum atomic E-state index is 13.6. The molecule has 14 nitrogen and oxygen atoms in total. The van der Waals surface area contributed by atoms with E-state index in [2.05, 4.69) is 0 Å². The van der Waals surface area contributed by atoms with E-state index in [1.54, 1.807) is 0 Å². The van der Waals surface area contributed by atoms with Gasteiger partial charge in [0.2, 0.25) is 23.2 Å². The van der Waals surface area contributed by atoms with E-state index < -0.39 is 70.9 Å². The van der Waals surface area contributed by atoms with Crippen LogP contribution in [-0.4, -0.2) is 79.5 Å². The van der Waals surface area contributed by atoms with E-state index in [9.17, 15) is 45.3 Å². The minimum absolute atomic E-state index is 0.0957. The number of phenols is 5. The van der Waals surface area contributed by atoms with Gasteiger partial charge in [-0.05, 0) is 43.3 Å². The van der Waals surface area contributed by atoms with E-state index in [0.717, 1.165) is 24.3 Å². The number of fused-ring (bicyclic) bond motifs is 1. The molecule has 1 fully saturated rings. The fraction of sp³-hybridized carbons (Fsp3) is 0.241. The van der Waals surface area contributed by atoms with Crippen molar-refractivity contribution in [3.05, 3.63) is 64.3 Å². The number of phenolic OH excluding ortho intramolecular Hbond substituents is 5. The zero-order chi connectivity index (χ0) is 31.2. The van der Waals surface area contributed by atoms with Gasteiger partial charge in [0, 0.05) is 17.7 Å². The van der Waals surface area contributed by atoms with E-state index in [-0.39, 0.29) is 39.4 Å². The van der Waals surface area contributed by atoms with Gasteiger partial charge < -0.3 is 59.1 Å². The van der Waals surface area contributed by atoms with Crippen molar-refractivity contribution < 1.29 is 63.9 Å². The van der Waals surface area contributed by atoms with Crippen LogP contribution in [0.2, 0.25) is 0 Å². The van der Waals surface area contributed by atoms with Crippen LogP contribution in [0, 0.1) is 0 Å². The lowest BCUT2D eigenvalue weighted by Gasteiger charge is -2.40. The fourth-order valence-electron chi connectivity index (χ4n) is 4.64. The number of ether oxygens (including phenoxy) is 4. The molecule has 0 aliphatic carbocycles. The van der Waals surface area contributed by atoms with Gasteiger partial charge in [0.1, 0.15) is 34.3 Å². The normalized spacial score (nSPS) is 21.8. The number of benzene rings is 3. The van der Waals surface area contributed by atoms with Crippen LogP contribution in [0.15, 0.2) is 57.7 Å². The number of rotatable bonds is 6. The summed E-state index contributed by atoms with van der Waals surface area (Å²) in [5.41, 5.74) is -1.25. The minimum Gasteiger partial charge on any atom is -0.508 e. The average molecular weight is 599 g/mol. The molecule has 226 valence electrons. The molecule has 0 saturated carbocycles. The molecule has 0 bridgehead atoms. The number of aliphatic hydroxyl groups is 2. The van der Waals surface area contributed by atoms with E-state index in [0.29, 0.717) is 0 Å². The first kappa shape index (κ1) is 29.3. The molecular weight excluding hydrogens is 572 g/mol. The quantitative estimate of drug-likeness (QED) is 0.158. The van der Waals surface area contributed by atoms with Crippen molar-refractivity contribution in [2.24, 2.45) is 0 Å². The molecule has 0 spiro atoms. The van der Waals surface area contributed by atoms with E-state index in [4.69, 9.17) is 23.4 Å². The van der Waals surface area contributed by atoms with E-state index >= 15 is 0 Å². The Labute approximate surface area is 241 Å². The summed E-state index contributed by atoms with van der Waals surface area (Å²) in [5.74, 6) is -4.48. The lowest BCUT2D eigenvalue weighted by molar-refractivity contribution is -0.267. The van der Waals surface area contributed by atoms with Crippen LogP contribution in [-0.2, 0) is 9.47 Å². The highest BCUT2D eigenvalue weighted by Gasteiger charge is 2.47. The largest absolute Gasteiger partial charge is 0.508 e. The molecule has 4 aromatic rings. The number of hydrogen-bond donors (Lipinski definition) is 7. The molecule has 5 rings (SSSR count). The van der Waals surface area contributed by atoms with Crippen LogP contribution in [0.3, 0.4) is 0 Å². The summed E-state index contributed by atoms with van der Waals surface area (Å²) in [4.78, 5) is 26.5. The molecule has 2 heterocycles. The Hall–Kier alpha value is -5.18. The van der Waals surface area contributed by atoms with Gasteiger partial charge in [-0.2, -0.15) is 0 Å². The number of esters is 1. The van der Waals surface area contributed by atoms with Crippen molar-refractivity contribution in [3.8, 4) is 51.6 Å². The molecule has 1 aromatic heterocycles. The maximum Gasteiger partial charge on any atom is 0.338 e. The van der Waals surface area contributed by atoms with Gasteiger partial charge in [0.05, 0.1) is 18.8 Å². The second-order valence-corrected chi connectivity index (χ2v) is 9.70. The van der Waals surface area contributed by atoms with E-state index in [1.807, 2.05) is 0 Å². The number of hydrogen-bond acceptors (Lipinski definition) is 14. The Morgan fingerprint density at radius 3 is 2.12 bits per heavy atom. The Morgan fingerprint density at radius 1 is 0.837 bits per heavy atom.